The number of aryl methyl sites for hydroxylation is 1. The summed E-state index contributed by atoms with van der Waals surface area (Å²) in [5, 5.41) is 9.07. The quantitative estimate of drug-likeness (QED) is 0.850. The summed E-state index contributed by atoms with van der Waals surface area (Å²) < 4.78 is 5.44. The lowest BCUT2D eigenvalue weighted by molar-refractivity contribution is -0.140. The van der Waals surface area contributed by atoms with E-state index in [2.05, 4.69) is 0 Å². The first-order valence-corrected chi connectivity index (χ1v) is 8.68. The number of carboxylic acid groups (broad SMARTS) is 1. The van der Waals surface area contributed by atoms with Gasteiger partial charge in [0.25, 0.3) is 0 Å². The van der Waals surface area contributed by atoms with Crippen LogP contribution < -0.4 is 0 Å². The van der Waals surface area contributed by atoms with Crippen molar-refractivity contribution in [2.75, 3.05) is 20.1 Å². The van der Waals surface area contributed by atoms with Gasteiger partial charge in [0, 0.05) is 26.6 Å². The van der Waals surface area contributed by atoms with Crippen LogP contribution in [0.2, 0.25) is 0 Å². The standard InChI is InChI=1S/C18H26N2O5/c1-4-6-16(21)20-8-5-7-13(10-20)17(22)19(3)11-14-9-15(18(23)24)12(2)25-14/h9,13H,4-8,10-11H2,1-3H3,(H,23,24). The van der Waals surface area contributed by atoms with Gasteiger partial charge in [-0.25, -0.2) is 4.79 Å². The van der Waals surface area contributed by atoms with E-state index in [1.54, 1.807) is 23.8 Å². The van der Waals surface area contributed by atoms with Crippen LogP contribution >= 0.6 is 0 Å². The summed E-state index contributed by atoms with van der Waals surface area (Å²) in [6, 6.07) is 1.46. The number of aromatic carboxylic acids is 1. The Bertz CT molecular complexity index is 652. The van der Waals surface area contributed by atoms with Gasteiger partial charge in [-0.3, -0.25) is 9.59 Å². The summed E-state index contributed by atoms with van der Waals surface area (Å²) in [4.78, 5) is 39.1. The van der Waals surface area contributed by atoms with E-state index in [4.69, 9.17) is 9.52 Å². The van der Waals surface area contributed by atoms with Crippen molar-refractivity contribution in [3.05, 3.63) is 23.2 Å². The first-order valence-electron chi connectivity index (χ1n) is 8.68. The van der Waals surface area contributed by atoms with Crippen molar-refractivity contribution in [3.8, 4) is 0 Å². The Balaban J connectivity index is 1.98. The third kappa shape index (κ3) is 4.61. The zero-order valence-electron chi connectivity index (χ0n) is 15.1. The van der Waals surface area contributed by atoms with Gasteiger partial charge in [0.15, 0.2) is 0 Å². The Labute approximate surface area is 147 Å². The SMILES string of the molecule is CCCC(=O)N1CCCC(C(=O)N(C)Cc2cc(C(=O)O)c(C)o2)C1. The van der Waals surface area contributed by atoms with Crippen LogP contribution in [0.3, 0.4) is 0 Å². The van der Waals surface area contributed by atoms with Crippen molar-refractivity contribution < 1.29 is 23.9 Å². The summed E-state index contributed by atoms with van der Waals surface area (Å²) in [7, 11) is 1.67. The van der Waals surface area contributed by atoms with Crippen molar-refractivity contribution in [1.82, 2.24) is 9.80 Å². The molecule has 0 spiro atoms. The molecule has 1 aromatic rings. The van der Waals surface area contributed by atoms with E-state index in [9.17, 15) is 14.4 Å². The minimum absolute atomic E-state index is 0.0417. The number of hydrogen-bond acceptors (Lipinski definition) is 4. The highest BCUT2D eigenvalue weighted by Gasteiger charge is 2.30. The molecule has 1 aromatic heterocycles. The third-order valence-corrected chi connectivity index (χ3v) is 4.56. The van der Waals surface area contributed by atoms with Crippen LogP contribution in [0.15, 0.2) is 10.5 Å². The molecular weight excluding hydrogens is 324 g/mol. The minimum atomic E-state index is -1.04. The fraction of sp³-hybridized carbons (Fsp3) is 0.611. The first kappa shape index (κ1) is 19.0. The molecule has 7 nitrogen and oxygen atoms in total. The fourth-order valence-corrected chi connectivity index (χ4v) is 3.23. The third-order valence-electron chi connectivity index (χ3n) is 4.56. The van der Waals surface area contributed by atoms with Gasteiger partial charge in [-0.15, -0.1) is 0 Å². The Kier molecular flexibility index (Phi) is 6.22. The molecule has 2 amide bonds. The Morgan fingerprint density at radius 2 is 2.12 bits per heavy atom. The number of rotatable bonds is 6. The molecule has 138 valence electrons. The fourth-order valence-electron chi connectivity index (χ4n) is 3.23. The maximum absolute atomic E-state index is 12.7. The van der Waals surface area contributed by atoms with E-state index in [-0.39, 0.29) is 29.8 Å². The number of likely N-dealkylation sites (tertiary alicyclic amines) is 1. The van der Waals surface area contributed by atoms with E-state index < -0.39 is 5.97 Å². The lowest BCUT2D eigenvalue weighted by Crippen LogP contribution is -2.45. The Morgan fingerprint density at radius 3 is 2.72 bits per heavy atom. The molecule has 0 radical (unpaired) electrons. The van der Waals surface area contributed by atoms with Crippen LogP contribution in [0.4, 0.5) is 0 Å². The second kappa shape index (κ2) is 8.18. The second-order valence-corrected chi connectivity index (χ2v) is 6.61. The number of carboxylic acids is 1. The summed E-state index contributed by atoms with van der Waals surface area (Å²) in [5.74, 6) is -0.415. The number of hydrogen-bond donors (Lipinski definition) is 1. The molecule has 2 rings (SSSR count). The number of nitrogens with zero attached hydrogens (tertiary/aromatic N) is 2. The number of carbonyl (C=O) groups is 3. The van der Waals surface area contributed by atoms with Crippen LogP contribution in [0.1, 0.15) is 54.5 Å². The predicted molar refractivity (Wildman–Crippen MR) is 91.1 cm³/mol. The molecule has 1 atom stereocenters. The van der Waals surface area contributed by atoms with Crippen molar-refractivity contribution in [2.24, 2.45) is 5.92 Å². The van der Waals surface area contributed by atoms with Gasteiger partial charge in [-0.05, 0) is 32.3 Å². The van der Waals surface area contributed by atoms with Crippen molar-refractivity contribution in [2.45, 2.75) is 46.1 Å². The lowest BCUT2D eigenvalue weighted by Gasteiger charge is -2.34. The second-order valence-electron chi connectivity index (χ2n) is 6.61. The molecule has 0 bridgehead atoms. The number of amides is 2. The van der Waals surface area contributed by atoms with Crippen LogP contribution in [0, 0.1) is 12.8 Å². The van der Waals surface area contributed by atoms with Gasteiger partial charge < -0.3 is 19.3 Å². The van der Waals surface area contributed by atoms with Crippen molar-refractivity contribution in [1.29, 1.82) is 0 Å². The molecule has 0 aliphatic carbocycles. The molecule has 1 aliphatic rings. The van der Waals surface area contributed by atoms with Crippen LogP contribution in [0.5, 0.6) is 0 Å². The molecule has 7 heteroatoms. The highest BCUT2D eigenvalue weighted by molar-refractivity contribution is 5.88. The molecule has 0 saturated carbocycles. The average molecular weight is 350 g/mol. The summed E-state index contributed by atoms with van der Waals surface area (Å²) >= 11 is 0. The summed E-state index contributed by atoms with van der Waals surface area (Å²) in [6.07, 6.45) is 2.90. The number of carbonyl (C=O) groups excluding carboxylic acids is 2. The largest absolute Gasteiger partial charge is 0.478 e. The topological polar surface area (TPSA) is 91.1 Å². The smallest absolute Gasteiger partial charge is 0.339 e. The molecule has 1 unspecified atom stereocenters. The number of piperidine rings is 1. The van der Waals surface area contributed by atoms with Crippen molar-refractivity contribution in [3.63, 3.8) is 0 Å². The maximum Gasteiger partial charge on any atom is 0.339 e. The molecule has 1 fully saturated rings. The van der Waals surface area contributed by atoms with Gasteiger partial charge in [0.1, 0.15) is 17.1 Å². The highest BCUT2D eigenvalue weighted by Crippen LogP contribution is 2.21. The molecular formula is C18H26N2O5. The van der Waals surface area contributed by atoms with E-state index in [0.717, 1.165) is 19.3 Å². The van der Waals surface area contributed by atoms with E-state index >= 15 is 0 Å². The molecule has 1 saturated heterocycles. The van der Waals surface area contributed by atoms with Crippen LogP contribution in [-0.4, -0.2) is 52.8 Å². The summed E-state index contributed by atoms with van der Waals surface area (Å²) in [5.41, 5.74) is 0.116. The van der Waals surface area contributed by atoms with Gasteiger partial charge in [0.2, 0.25) is 11.8 Å². The summed E-state index contributed by atoms with van der Waals surface area (Å²) in [6.45, 7) is 4.94. The van der Waals surface area contributed by atoms with Gasteiger partial charge >= 0.3 is 5.97 Å². The normalized spacial score (nSPS) is 17.4. The van der Waals surface area contributed by atoms with Crippen molar-refractivity contribution >= 4 is 17.8 Å². The average Bonchev–Trinajstić information content (AvgIpc) is 2.95. The van der Waals surface area contributed by atoms with E-state index in [1.807, 2.05) is 6.92 Å². The maximum atomic E-state index is 12.7. The number of furan rings is 1. The molecule has 25 heavy (non-hydrogen) atoms. The molecule has 1 aliphatic heterocycles. The molecule has 0 aromatic carbocycles. The van der Waals surface area contributed by atoms with Gasteiger partial charge in [0.05, 0.1) is 12.5 Å². The highest BCUT2D eigenvalue weighted by atomic mass is 16.4. The van der Waals surface area contributed by atoms with Gasteiger partial charge in [-0.1, -0.05) is 6.92 Å². The van der Waals surface area contributed by atoms with E-state index in [0.29, 0.717) is 31.0 Å². The monoisotopic (exact) mass is 350 g/mol. The van der Waals surface area contributed by atoms with Crippen LogP contribution in [-0.2, 0) is 16.1 Å². The molecule has 2 heterocycles. The first-order chi connectivity index (χ1) is 11.8. The lowest BCUT2D eigenvalue weighted by atomic mass is 9.96. The van der Waals surface area contributed by atoms with E-state index in [1.165, 1.54) is 6.07 Å². The Morgan fingerprint density at radius 1 is 1.40 bits per heavy atom. The zero-order chi connectivity index (χ0) is 18.6. The zero-order valence-corrected chi connectivity index (χ0v) is 15.1. The van der Waals surface area contributed by atoms with Gasteiger partial charge in [-0.2, -0.15) is 0 Å². The minimum Gasteiger partial charge on any atom is -0.478 e. The predicted octanol–water partition coefficient (Wildman–Crippen LogP) is 2.28. The van der Waals surface area contributed by atoms with Crippen LogP contribution in [0.25, 0.3) is 0 Å². The Hall–Kier alpha value is -2.31. The molecule has 1 N–H and O–H groups in total.